The molecule has 1 atom stereocenters. The van der Waals surface area contributed by atoms with Gasteiger partial charge < -0.3 is 9.80 Å². The van der Waals surface area contributed by atoms with Crippen molar-refractivity contribution in [2.45, 2.75) is 18.5 Å². The second-order valence-corrected chi connectivity index (χ2v) is 8.20. The van der Waals surface area contributed by atoms with E-state index in [1.54, 1.807) is 0 Å². The standard InChI is InChI=1S/C12H19F5N2O2S/c13-11(14)1-2-19(9-10(11)12(15,16)17)4-3-18-5-7-22(20,21)8-6-18/h10H,1-9H2. The largest absolute Gasteiger partial charge is 0.398 e. The summed E-state index contributed by atoms with van der Waals surface area (Å²) in [5.41, 5.74) is 0. The van der Waals surface area contributed by atoms with Crippen LogP contribution in [0, 0.1) is 5.92 Å². The molecule has 2 rings (SSSR count). The van der Waals surface area contributed by atoms with Gasteiger partial charge >= 0.3 is 6.18 Å². The van der Waals surface area contributed by atoms with Crippen molar-refractivity contribution in [2.24, 2.45) is 5.92 Å². The van der Waals surface area contributed by atoms with Gasteiger partial charge in [-0.3, -0.25) is 0 Å². The van der Waals surface area contributed by atoms with Crippen LogP contribution in [0.5, 0.6) is 0 Å². The summed E-state index contributed by atoms with van der Waals surface area (Å²) in [6.45, 7) is 0.535. The molecular formula is C12H19F5N2O2S. The Hall–Kier alpha value is -0.480. The lowest BCUT2D eigenvalue weighted by Gasteiger charge is -2.40. The highest BCUT2D eigenvalue weighted by molar-refractivity contribution is 7.91. The van der Waals surface area contributed by atoms with Gasteiger partial charge in [-0.15, -0.1) is 0 Å². The van der Waals surface area contributed by atoms with Crippen molar-refractivity contribution < 1.29 is 30.4 Å². The van der Waals surface area contributed by atoms with Crippen LogP contribution >= 0.6 is 0 Å². The summed E-state index contributed by atoms with van der Waals surface area (Å²) in [6.07, 6.45) is -5.72. The fourth-order valence-corrected chi connectivity index (χ4v) is 4.04. The van der Waals surface area contributed by atoms with E-state index >= 15 is 0 Å². The summed E-state index contributed by atoms with van der Waals surface area (Å²) < 4.78 is 87.5. The first kappa shape index (κ1) is 17.9. The molecule has 0 spiro atoms. The van der Waals surface area contributed by atoms with E-state index < -0.39 is 40.8 Å². The fraction of sp³-hybridized carbons (Fsp3) is 1.00. The molecule has 2 aliphatic rings. The first-order valence-electron chi connectivity index (χ1n) is 7.09. The Labute approximate surface area is 126 Å². The molecule has 10 heteroatoms. The van der Waals surface area contributed by atoms with E-state index in [4.69, 9.17) is 0 Å². The molecule has 0 aromatic rings. The maximum absolute atomic E-state index is 13.4. The number of nitrogens with zero attached hydrogens (tertiary/aromatic N) is 2. The van der Waals surface area contributed by atoms with E-state index in [0.717, 1.165) is 0 Å². The van der Waals surface area contributed by atoms with Gasteiger partial charge in [0.15, 0.2) is 9.84 Å². The fourth-order valence-electron chi connectivity index (χ4n) is 2.77. The van der Waals surface area contributed by atoms with Crippen molar-refractivity contribution in [3.05, 3.63) is 0 Å². The Balaban J connectivity index is 1.84. The monoisotopic (exact) mass is 350 g/mol. The Kier molecular flexibility index (Phi) is 5.03. The van der Waals surface area contributed by atoms with Crippen LogP contribution in [0.4, 0.5) is 22.0 Å². The molecule has 1 unspecified atom stereocenters. The van der Waals surface area contributed by atoms with Crippen molar-refractivity contribution in [2.75, 3.05) is 50.8 Å². The minimum atomic E-state index is -4.92. The third-order valence-corrected chi connectivity index (χ3v) is 5.89. The quantitative estimate of drug-likeness (QED) is 0.718. The van der Waals surface area contributed by atoms with Gasteiger partial charge in [0, 0.05) is 45.7 Å². The molecule has 0 aliphatic carbocycles. The molecule has 2 aliphatic heterocycles. The molecule has 0 aromatic carbocycles. The van der Waals surface area contributed by atoms with Gasteiger partial charge in [0.1, 0.15) is 5.92 Å². The minimum absolute atomic E-state index is 0.0379. The zero-order valence-electron chi connectivity index (χ0n) is 12.0. The Bertz CT molecular complexity index is 480. The normalized spacial score (nSPS) is 30.3. The van der Waals surface area contributed by atoms with E-state index in [2.05, 4.69) is 0 Å². The predicted octanol–water partition coefficient (Wildman–Crippen LogP) is 1.24. The number of piperidine rings is 1. The van der Waals surface area contributed by atoms with Gasteiger partial charge in [0.05, 0.1) is 11.5 Å². The SMILES string of the molecule is O=S1(=O)CCN(CCN2CCC(F)(F)C(C(F)(F)F)C2)CC1. The first-order chi connectivity index (χ1) is 10.00. The highest BCUT2D eigenvalue weighted by atomic mass is 32.2. The number of rotatable bonds is 3. The highest BCUT2D eigenvalue weighted by Crippen LogP contribution is 2.43. The predicted molar refractivity (Wildman–Crippen MR) is 70.6 cm³/mol. The second-order valence-electron chi connectivity index (χ2n) is 5.90. The van der Waals surface area contributed by atoms with Crippen LogP contribution in [0.1, 0.15) is 6.42 Å². The van der Waals surface area contributed by atoms with Crippen molar-refractivity contribution in [1.82, 2.24) is 9.80 Å². The molecular weight excluding hydrogens is 331 g/mol. The number of sulfone groups is 1. The molecule has 2 saturated heterocycles. The zero-order valence-corrected chi connectivity index (χ0v) is 12.8. The Morgan fingerprint density at radius 2 is 1.55 bits per heavy atom. The van der Waals surface area contributed by atoms with E-state index in [-0.39, 0.29) is 24.6 Å². The van der Waals surface area contributed by atoms with E-state index in [1.165, 1.54) is 4.90 Å². The summed E-state index contributed by atoms with van der Waals surface area (Å²) in [4.78, 5) is 3.23. The third-order valence-electron chi connectivity index (χ3n) is 4.28. The second kappa shape index (κ2) is 6.20. The summed E-state index contributed by atoms with van der Waals surface area (Å²) in [5, 5.41) is 0. The molecule has 4 nitrogen and oxygen atoms in total. The number of likely N-dealkylation sites (tertiary alicyclic amines) is 1. The van der Waals surface area contributed by atoms with Gasteiger partial charge in [0.25, 0.3) is 5.92 Å². The third kappa shape index (κ3) is 4.51. The minimum Gasteiger partial charge on any atom is -0.301 e. The smallest absolute Gasteiger partial charge is 0.301 e. The van der Waals surface area contributed by atoms with Crippen LogP contribution in [-0.4, -0.2) is 81.1 Å². The van der Waals surface area contributed by atoms with Crippen LogP contribution in [-0.2, 0) is 9.84 Å². The molecule has 2 fully saturated rings. The highest BCUT2D eigenvalue weighted by Gasteiger charge is 2.57. The van der Waals surface area contributed by atoms with E-state index in [1.807, 2.05) is 4.90 Å². The molecule has 0 saturated carbocycles. The zero-order chi connectivity index (χ0) is 16.6. The first-order valence-corrected chi connectivity index (χ1v) is 8.91. The average molecular weight is 350 g/mol. The maximum atomic E-state index is 13.4. The van der Waals surface area contributed by atoms with E-state index in [9.17, 15) is 30.4 Å². The lowest BCUT2D eigenvalue weighted by molar-refractivity contribution is -0.257. The lowest BCUT2D eigenvalue weighted by Crippen LogP contribution is -2.54. The van der Waals surface area contributed by atoms with Crippen LogP contribution in [0.15, 0.2) is 0 Å². The van der Waals surface area contributed by atoms with Crippen LogP contribution in [0.3, 0.4) is 0 Å². The van der Waals surface area contributed by atoms with Gasteiger partial charge in [0.2, 0.25) is 0 Å². The Morgan fingerprint density at radius 1 is 1.00 bits per heavy atom. The molecule has 0 bridgehead atoms. The number of halogens is 5. The van der Waals surface area contributed by atoms with Gasteiger partial charge in [-0.05, 0) is 0 Å². The van der Waals surface area contributed by atoms with Crippen LogP contribution < -0.4 is 0 Å². The topological polar surface area (TPSA) is 40.6 Å². The average Bonchev–Trinajstić information content (AvgIpc) is 2.37. The van der Waals surface area contributed by atoms with Gasteiger partial charge in [-0.1, -0.05) is 0 Å². The van der Waals surface area contributed by atoms with Crippen molar-refractivity contribution in [3.63, 3.8) is 0 Å². The molecule has 0 N–H and O–H groups in total. The molecule has 0 radical (unpaired) electrons. The van der Waals surface area contributed by atoms with E-state index in [0.29, 0.717) is 19.6 Å². The van der Waals surface area contributed by atoms with Gasteiger partial charge in [-0.25, -0.2) is 17.2 Å². The van der Waals surface area contributed by atoms with Crippen molar-refractivity contribution in [3.8, 4) is 0 Å². The van der Waals surface area contributed by atoms with Crippen LogP contribution in [0.25, 0.3) is 0 Å². The van der Waals surface area contributed by atoms with Crippen molar-refractivity contribution in [1.29, 1.82) is 0 Å². The van der Waals surface area contributed by atoms with Crippen molar-refractivity contribution >= 4 is 9.84 Å². The summed E-state index contributed by atoms with van der Waals surface area (Å²) in [7, 11) is -3.01. The lowest BCUT2D eigenvalue weighted by atomic mass is 9.93. The summed E-state index contributed by atoms with van der Waals surface area (Å²) in [5.74, 6) is -6.27. The number of hydrogen-bond acceptors (Lipinski definition) is 4. The molecule has 0 aromatic heterocycles. The molecule has 0 amide bonds. The maximum Gasteiger partial charge on any atom is 0.398 e. The van der Waals surface area contributed by atoms with Crippen LogP contribution in [0.2, 0.25) is 0 Å². The molecule has 22 heavy (non-hydrogen) atoms. The number of alkyl halides is 5. The molecule has 130 valence electrons. The summed E-state index contributed by atoms with van der Waals surface area (Å²) >= 11 is 0. The van der Waals surface area contributed by atoms with Gasteiger partial charge in [-0.2, -0.15) is 13.2 Å². The number of hydrogen-bond donors (Lipinski definition) is 0. The summed E-state index contributed by atoms with van der Waals surface area (Å²) in [6, 6.07) is 0. The Morgan fingerprint density at radius 3 is 2.09 bits per heavy atom. The molecule has 2 heterocycles.